The maximum atomic E-state index is 12.4. The van der Waals surface area contributed by atoms with Crippen molar-refractivity contribution in [3.8, 4) is 0 Å². The lowest BCUT2D eigenvalue weighted by Crippen LogP contribution is -2.19. The van der Waals surface area contributed by atoms with Crippen LogP contribution in [0.5, 0.6) is 0 Å². The number of hydrogen-bond acceptors (Lipinski definition) is 2. The van der Waals surface area contributed by atoms with Gasteiger partial charge in [-0.15, -0.1) is 0 Å². The number of nitrogens with one attached hydrogen (secondary N) is 1. The highest BCUT2D eigenvalue weighted by molar-refractivity contribution is 5.93. The minimum Gasteiger partial charge on any atom is -0.382 e. The minimum atomic E-state index is -4.30. The molecule has 0 saturated heterocycles. The predicted octanol–water partition coefficient (Wildman–Crippen LogP) is 2.03. The van der Waals surface area contributed by atoms with Crippen LogP contribution >= 0.6 is 0 Å². The average Bonchev–Trinajstić information content (AvgIpc) is 2.15. The molecular formula is C9H10F3N3. The van der Waals surface area contributed by atoms with Crippen LogP contribution in [0.3, 0.4) is 0 Å². The highest BCUT2D eigenvalue weighted by Crippen LogP contribution is 2.33. The lowest BCUT2D eigenvalue weighted by molar-refractivity contribution is -0.146. The summed E-state index contributed by atoms with van der Waals surface area (Å²) in [5, 5.41) is 7.06. The Bertz CT molecular complexity index is 373. The molecule has 6 heteroatoms. The molecule has 0 bridgehead atoms. The Morgan fingerprint density at radius 2 is 2.13 bits per heavy atom. The molecule has 1 atom stereocenters. The second-order valence-corrected chi connectivity index (χ2v) is 3.15. The second-order valence-electron chi connectivity index (χ2n) is 3.15. The predicted molar refractivity (Wildman–Crippen MR) is 49.7 cm³/mol. The molecule has 0 amide bonds. The minimum absolute atomic E-state index is 0.0581. The van der Waals surface area contributed by atoms with Gasteiger partial charge in [-0.2, -0.15) is 13.2 Å². The molecule has 1 aromatic heterocycles. The number of amidine groups is 1. The van der Waals surface area contributed by atoms with Gasteiger partial charge in [-0.05, 0) is 24.6 Å². The zero-order valence-electron chi connectivity index (χ0n) is 7.97. The Morgan fingerprint density at radius 3 is 2.60 bits per heavy atom. The molecule has 82 valence electrons. The summed E-state index contributed by atoms with van der Waals surface area (Å²) in [6.07, 6.45) is -3.08. The van der Waals surface area contributed by atoms with E-state index >= 15 is 0 Å². The van der Waals surface area contributed by atoms with Gasteiger partial charge in [0.25, 0.3) is 0 Å². The van der Waals surface area contributed by atoms with Crippen molar-refractivity contribution in [1.29, 1.82) is 5.41 Å². The SMILES string of the molecule is CC(c1ccnc(C(=N)N)c1)C(F)(F)F. The summed E-state index contributed by atoms with van der Waals surface area (Å²) in [5.41, 5.74) is 5.25. The van der Waals surface area contributed by atoms with Crippen molar-refractivity contribution in [2.75, 3.05) is 0 Å². The summed E-state index contributed by atoms with van der Waals surface area (Å²) in [5.74, 6) is -1.93. The number of hydrogen-bond donors (Lipinski definition) is 2. The van der Waals surface area contributed by atoms with Crippen molar-refractivity contribution in [2.45, 2.75) is 19.0 Å². The number of aromatic nitrogens is 1. The Labute approximate surface area is 84.6 Å². The van der Waals surface area contributed by atoms with Gasteiger partial charge >= 0.3 is 6.18 Å². The first-order valence-electron chi connectivity index (χ1n) is 4.19. The van der Waals surface area contributed by atoms with Gasteiger partial charge in [0.1, 0.15) is 11.5 Å². The lowest BCUT2D eigenvalue weighted by Gasteiger charge is -2.16. The normalized spacial score (nSPS) is 13.6. The molecule has 15 heavy (non-hydrogen) atoms. The van der Waals surface area contributed by atoms with Gasteiger partial charge in [-0.1, -0.05) is 0 Å². The number of rotatable bonds is 2. The quantitative estimate of drug-likeness (QED) is 0.588. The molecule has 0 saturated carbocycles. The third-order valence-electron chi connectivity index (χ3n) is 2.05. The van der Waals surface area contributed by atoms with Crippen LogP contribution in [0.15, 0.2) is 18.3 Å². The molecule has 1 aromatic rings. The van der Waals surface area contributed by atoms with Gasteiger partial charge in [0.05, 0.1) is 5.92 Å². The van der Waals surface area contributed by atoms with E-state index in [1.807, 2.05) is 0 Å². The fourth-order valence-corrected chi connectivity index (χ4v) is 1.05. The highest BCUT2D eigenvalue weighted by Gasteiger charge is 2.37. The van der Waals surface area contributed by atoms with Gasteiger partial charge in [-0.3, -0.25) is 10.4 Å². The molecule has 0 spiro atoms. The van der Waals surface area contributed by atoms with E-state index in [9.17, 15) is 13.2 Å². The maximum absolute atomic E-state index is 12.4. The first kappa shape index (κ1) is 11.5. The van der Waals surface area contributed by atoms with E-state index in [0.717, 1.165) is 6.92 Å². The van der Waals surface area contributed by atoms with Crippen LogP contribution in [0.4, 0.5) is 13.2 Å². The summed E-state index contributed by atoms with van der Waals surface area (Å²) in [7, 11) is 0. The largest absolute Gasteiger partial charge is 0.395 e. The summed E-state index contributed by atoms with van der Waals surface area (Å²) in [4.78, 5) is 3.69. The zero-order chi connectivity index (χ0) is 11.6. The van der Waals surface area contributed by atoms with Crippen LogP contribution in [-0.2, 0) is 0 Å². The topological polar surface area (TPSA) is 62.8 Å². The molecule has 1 rings (SSSR count). The fourth-order valence-electron chi connectivity index (χ4n) is 1.05. The first-order chi connectivity index (χ1) is 6.82. The standard InChI is InChI=1S/C9H10F3N3/c1-5(9(10,11)12)6-2-3-15-7(4-6)8(13)14/h2-5H,1H3,(H3,13,14). The van der Waals surface area contributed by atoms with Crippen LogP contribution in [0, 0.1) is 5.41 Å². The number of nitrogens with two attached hydrogens (primary N) is 1. The second kappa shape index (κ2) is 3.88. The van der Waals surface area contributed by atoms with Crippen molar-refractivity contribution >= 4 is 5.84 Å². The van der Waals surface area contributed by atoms with Crippen molar-refractivity contribution in [1.82, 2.24) is 4.98 Å². The van der Waals surface area contributed by atoms with E-state index in [2.05, 4.69) is 4.98 Å². The number of pyridine rings is 1. The third-order valence-corrected chi connectivity index (χ3v) is 2.05. The molecular weight excluding hydrogens is 207 g/mol. The monoisotopic (exact) mass is 217 g/mol. The van der Waals surface area contributed by atoms with Crippen LogP contribution in [0.2, 0.25) is 0 Å². The first-order valence-corrected chi connectivity index (χ1v) is 4.19. The summed E-state index contributed by atoms with van der Waals surface area (Å²) >= 11 is 0. The molecule has 0 fully saturated rings. The van der Waals surface area contributed by atoms with E-state index < -0.39 is 12.1 Å². The smallest absolute Gasteiger partial charge is 0.382 e. The molecule has 0 aliphatic heterocycles. The van der Waals surface area contributed by atoms with Crippen LogP contribution in [0.25, 0.3) is 0 Å². The zero-order valence-corrected chi connectivity index (χ0v) is 7.97. The van der Waals surface area contributed by atoms with E-state index in [0.29, 0.717) is 0 Å². The summed E-state index contributed by atoms with van der Waals surface area (Å²) in [6.45, 7) is 1.05. The molecule has 3 nitrogen and oxygen atoms in total. The van der Waals surface area contributed by atoms with Gasteiger partial charge in [0, 0.05) is 6.20 Å². The van der Waals surface area contributed by atoms with Gasteiger partial charge in [0.15, 0.2) is 0 Å². The maximum Gasteiger partial charge on any atom is 0.395 e. The Kier molecular flexibility index (Phi) is 2.97. The van der Waals surface area contributed by atoms with Crippen molar-refractivity contribution in [3.63, 3.8) is 0 Å². The van der Waals surface area contributed by atoms with E-state index in [-0.39, 0.29) is 17.1 Å². The molecule has 0 aliphatic rings. The lowest BCUT2D eigenvalue weighted by atomic mass is 10.0. The van der Waals surface area contributed by atoms with E-state index in [1.165, 1.54) is 18.3 Å². The van der Waals surface area contributed by atoms with Gasteiger partial charge in [0.2, 0.25) is 0 Å². The van der Waals surface area contributed by atoms with Crippen molar-refractivity contribution in [2.24, 2.45) is 5.73 Å². The van der Waals surface area contributed by atoms with Gasteiger partial charge < -0.3 is 5.73 Å². The van der Waals surface area contributed by atoms with E-state index in [1.54, 1.807) is 0 Å². The number of nitrogens with zero attached hydrogens (tertiary/aromatic N) is 1. The molecule has 0 aliphatic carbocycles. The van der Waals surface area contributed by atoms with E-state index in [4.69, 9.17) is 11.1 Å². The number of alkyl halides is 3. The Balaban J connectivity index is 3.06. The molecule has 3 N–H and O–H groups in total. The molecule has 0 aromatic carbocycles. The summed E-state index contributed by atoms with van der Waals surface area (Å²) < 4.78 is 37.1. The van der Waals surface area contributed by atoms with Crippen LogP contribution in [0.1, 0.15) is 24.1 Å². The molecule has 0 radical (unpaired) electrons. The molecule has 1 heterocycles. The Morgan fingerprint density at radius 1 is 1.53 bits per heavy atom. The van der Waals surface area contributed by atoms with Crippen LogP contribution < -0.4 is 5.73 Å². The number of nitrogen functional groups attached to an aromatic ring is 1. The van der Waals surface area contributed by atoms with Crippen molar-refractivity contribution in [3.05, 3.63) is 29.6 Å². The molecule has 1 unspecified atom stereocenters. The average molecular weight is 217 g/mol. The third kappa shape index (κ3) is 2.68. The van der Waals surface area contributed by atoms with Crippen molar-refractivity contribution < 1.29 is 13.2 Å². The fraction of sp³-hybridized carbons (Fsp3) is 0.333. The van der Waals surface area contributed by atoms with Crippen LogP contribution in [-0.4, -0.2) is 17.0 Å². The summed E-state index contributed by atoms with van der Waals surface area (Å²) in [6, 6.07) is 2.45. The van der Waals surface area contributed by atoms with Gasteiger partial charge in [-0.25, -0.2) is 0 Å². The number of halogens is 3. The Hall–Kier alpha value is -1.59. The highest BCUT2D eigenvalue weighted by atomic mass is 19.4.